The normalized spacial score (nSPS) is 20.7. The number of hydrogen-bond donors (Lipinski definition) is 1. The lowest BCUT2D eigenvalue weighted by Gasteiger charge is -2.32. The van der Waals surface area contributed by atoms with Crippen molar-refractivity contribution in [3.8, 4) is 16.3 Å². The number of ketones is 1. The summed E-state index contributed by atoms with van der Waals surface area (Å²) >= 11 is 0.677. The molecule has 1 atom stereocenters. The van der Waals surface area contributed by atoms with E-state index in [1.165, 1.54) is 6.92 Å². The fraction of sp³-hybridized carbons (Fsp3) is 0.375. The Labute approximate surface area is 143 Å². The summed E-state index contributed by atoms with van der Waals surface area (Å²) in [6, 6.07) is 0.853. The van der Waals surface area contributed by atoms with E-state index in [1.54, 1.807) is 0 Å². The molecule has 0 saturated carbocycles. The molecule has 0 amide bonds. The molecule has 3 nitrogen and oxygen atoms in total. The summed E-state index contributed by atoms with van der Waals surface area (Å²) in [5.41, 5.74) is -2.41. The molecule has 1 aromatic carbocycles. The first-order valence-electron chi connectivity index (χ1n) is 7.26. The summed E-state index contributed by atoms with van der Waals surface area (Å²) < 4.78 is 67.2. The second-order valence-corrected chi connectivity index (χ2v) is 7.15. The Morgan fingerprint density at radius 3 is 2.56 bits per heavy atom. The SMILES string of the molecule is Cc1c(-c2nc3c(s2)C(=O)[C@](C)(C(F)(F)F)CC3)cc(F)c(O)c1F. The number of fused-ring (bicyclic) bond motifs is 1. The number of alkyl halides is 3. The fourth-order valence-corrected chi connectivity index (χ4v) is 4.00. The topological polar surface area (TPSA) is 50.2 Å². The zero-order valence-corrected chi connectivity index (χ0v) is 13.9. The Bertz CT molecular complexity index is 890. The first-order chi connectivity index (χ1) is 11.5. The van der Waals surface area contributed by atoms with Gasteiger partial charge < -0.3 is 5.11 Å². The van der Waals surface area contributed by atoms with Crippen LogP contribution in [0.25, 0.3) is 10.6 Å². The number of nitrogens with zero attached hydrogens (tertiary/aromatic N) is 1. The molecule has 1 heterocycles. The van der Waals surface area contributed by atoms with Crippen LogP contribution in [0, 0.1) is 24.0 Å². The van der Waals surface area contributed by atoms with Gasteiger partial charge in [0.25, 0.3) is 0 Å². The molecule has 0 fully saturated rings. The quantitative estimate of drug-likeness (QED) is 0.727. The standard InChI is InChI=1S/C16H12F5NO2S/c1-6-7(5-8(17)11(23)10(6)18)14-22-9-3-4-15(2,16(19,20)21)13(24)12(9)25-14/h5,23H,3-4H2,1-2H3/t15-/m1/s1. The van der Waals surface area contributed by atoms with Crippen LogP contribution in [0.15, 0.2) is 6.07 Å². The predicted octanol–water partition coefficient (Wildman–Crippen LogP) is 4.80. The van der Waals surface area contributed by atoms with Gasteiger partial charge in [-0.15, -0.1) is 11.3 Å². The van der Waals surface area contributed by atoms with Gasteiger partial charge in [-0.05, 0) is 38.3 Å². The van der Waals surface area contributed by atoms with E-state index in [0.29, 0.717) is 11.3 Å². The molecule has 0 unspecified atom stereocenters. The number of thiazole rings is 1. The molecule has 1 aliphatic rings. The van der Waals surface area contributed by atoms with Crippen LogP contribution in [-0.2, 0) is 6.42 Å². The molecule has 0 bridgehead atoms. The molecule has 0 spiro atoms. The van der Waals surface area contributed by atoms with E-state index in [0.717, 1.165) is 13.0 Å². The molecule has 0 aliphatic heterocycles. The highest BCUT2D eigenvalue weighted by Gasteiger charge is 2.58. The number of benzene rings is 1. The number of aryl methyl sites for hydroxylation is 1. The van der Waals surface area contributed by atoms with E-state index in [1.807, 2.05) is 0 Å². The van der Waals surface area contributed by atoms with Crippen molar-refractivity contribution in [2.45, 2.75) is 32.9 Å². The summed E-state index contributed by atoms with van der Waals surface area (Å²) in [6.07, 6.45) is -5.18. The average molecular weight is 377 g/mol. The van der Waals surface area contributed by atoms with Crippen molar-refractivity contribution in [3.05, 3.63) is 33.8 Å². The third kappa shape index (κ3) is 2.52. The first kappa shape index (κ1) is 17.8. The number of rotatable bonds is 1. The molecule has 1 aliphatic carbocycles. The van der Waals surface area contributed by atoms with Gasteiger partial charge in [-0.2, -0.15) is 13.2 Å². The molecule has 134 valence electrons. The summed E-state index contributed by atoms with van der Waals surface area (Å²) in [5, 5.41) is 9.32. The van der Waals surface area contributed by atoms with Crippen molar-refractivity contribution < 1.29 is 31.9 Å². The number of phenolic OH excluding ortho intramolecular Hbond substituents is 1. The second-order valence-electron chi connectivity index (χ2n) is 6.15. The molecular weight excluding hydrogens is 365 g/mol. The number of phenols is 1. The lowest BCUT2D eigenvalue weighted by molar-refractivity contribution is -0.200. The summed E-state index contributed by atoms with van der Waals surface area (Å²) in [6.45, 7) is 2.13. The molecule has 0 radical (unpaired) electrons. The lowest BCUT2D eigenvalue weighted by Crippen LogP contribution is -2.45. The molecule has 1 N–H and O–H groups in total. The van der Waals surface area contributed by atoms with E-state index in [-0.39, 0.29) is 33.1 Å². The number of hydrogen-bond acceptors (Lipinski definition) is 4. The van der Waals surface area contributed by atoms with Crippen molar-refractivity contribution in [3.63, 3.8) is 0 Å². The second kappa shape index (κ2) is 5.48. The molecule has 2 aromatic rings. The average Bonchev–Trinajstić information content (AvgIpc) is 2.96. The Morgan fingerprint density at radius 1 is 1.32 bits per heavy atom. The van der Waals surface area contributed by atoms with Gasteiger partial charge in [0, 0.05) is 5.56 Å². The summed E-state index contributed by atoms with van der Waals surface area (Å²) in [5.74, 6) is -4.60. The van der Waals surface area contributed by atoms with E-state index >= 15 is 0 Å². The Kier molecular flexibility index (Phi) is 3.90. The number of halogens is 5. The van der Waals surface area contributed by atoms with Crippen molar-refractivity contribution in [2.75, 3.05) is 0 Å². The van der Waals surface area contributed by atoms with Crippen LogP contribution < -0.4 is 0 Å². The highest BCUT2D eigenvalue weighted by atomic mass is 32.1. The maximum Gasteiger partial charge on any atom is 0.401 e. The summed E-state index contributed by atoms with van der Waals surface area (Å²) in [7, 11) is 0. The number of carbonyl (C=O) groups is 1. The van der Waals surface area contributed by atoms with Gasteiger partial charge in [-0.1, -0.05) is 0 Å². The van der Waals surface area contributed by atoms with Crippen molar-refractivity contribution in [2.24, 2.45) is 5.41 Å². The number of carbonyl (C=O) groups excluding carboxylic acids is 1. The third-order valence-electron chi connectivity index (χ3n) is 4.56. The van der Waals surface area contributed by atoms with Gasteiger partial charge in [0.05, 0.1) is 10.6 Å². The molecule has 3 rings (SSSR count). The highest BCUT2D eigenvalue weighted by Crippen LogP contribution is 2.49. The van der Waals surface area contributed by atoms with Gasteiger partial charge in [0.15, 0.2) is 23.2 Å². The van der Waals surface area contributed by atoms with Crippen molar-refractivity contribution in [1.82, 2.24) is 4.98 Å². The van der Waals surface area contributed by atoms with Crippen LogP contribution in [0.3, 0.4) is 0 Å². The van der Waals surface area contributed by atoms with Crippen molar-refractivity contribution in [1.29, 1.82) is 0 Å². The lowest BCUT2D eigenvalue weighted by atomic mass is 9.75. The third-order valence-corrected chi connectivity index (χ3v) is 5.69. The highest BCUT2D eigenvalue weighted by molar-refractivity contribution is 7.17. The monoisotopic (exact) mass is 377 g/mol. The van der Waals surface area contributed by atoms with Gasteiger partial charge in [0.2, 0.25) is 0 Å². The fourth-order valence-electron chi connectivity index (χ4n) is 2.74. The molecular formula is C16H12F5NO2S. The van der Waals surface area contributed by atoms with E-state index in [2.05, 4.69) is 4.98 Å². The molecule has 1 aromatic heterocycles. The minimum absolute atomic E-state index is 0.00582. The Hall–Kier alpha value is -2.03. The zero-order chi connectivity index (χ0) is 18.7. The zero-order valence-electron chi connectivity index (χ0n) is 13.1. The van der Waals surface area contributed by atoms with Gasteiger partial charge in [-0.3, -0.25) is 4.79 Å². The van der Waals surface area contributed by atoms with Crippen molar-refractivity contribution >= 4 is 17.1 Å². The van der Waals surface area contributed by atoms with Crippen LogP contribution >= 0.6 is 11.3 Å². The number of aromatic nitrogens is 1. The minimum atomic E-state index is -4.70. The van der Waals surface area contributed by atoms with Crippen LogP contribution in [-0.4, -0.2) is 22.1 Å². The number of Topliss-reactive ketones (excluding diaryl/α,β-unsaturated/α-hetero) is 1. The largest absolute Gasteiger partial charge is 0.503 e. The minimum Gasteiger partial charge on any atom is -0.503 e. The molecule has 25 heavy (non-hydrogen) atoms. The van der Waals surface area contributed by atoms with Crippen LogP contribution in [0.2, 0.25) is 0 Å². The van der Waals surface area contributed by atoms with E-state index < -0.39 is 41.2 Å². The maximum atomic E-state index is 13.8. The first-order valence-corrected chi connectivity index (χ1v) is 8.08. The smallest absolute Gasteiger partial charge is 0.401 e. The number of aromatic hydroxyl groups is 1. The molecule has 9 heteroatoms. The van der Waals surface area contributed by atoms with Crippen LogP contribution in [0.4, 0.5) is 22.0 Å². The maximum absolute atomic E-state index is 13.8. The van der Waals surface area contributed by atoms with Crippen LogP contribution in [0.1, 0.15) is 34.3 Å². The van der Waals surface area contributed by atoms with E-state index in [9.17, 15) is 31.9 Å². The predicted molar refractivity (Wildman–Crippen MR) is 80.7 cm³/mol. The van der Waals surface area contributed by atoms with Gasteiger partial charge >= 0.3 is 6.18 Å². The van der Waals surface area contributed by atoms with Crippen LogP contribution in [0.5, 0.6) is 5.75 Å². The van der Waals surface area contributed by atoms with Gasteiger partial charge in [0.1, 0.15) is 10.4 Å². The Morgan fingerprint density at radius 2 is 1.96 bits per heavy atom. The summed E-state index contributed by atoms with van der Waals surface area (Å²) in [4.78, 5) is 16.3. The van der Waals surface area contributed by atoms with Gasteiger partial charge in [-0.25, -0.2) is 13.8 Å². The van der Waals surface area contributed by atoms with E-state index in [4.69, 9.17) is 0 Å². The Balaban J connectivity index is 2.12. The molecule has 0 saturated heterocycles.